The van der Waals surface area contributed by atoms with Gasteiger partial charge in [0.1, 0.15) is 30.0 Å². The molecular weight excluding hydrogens is 448 g/mol. The summed E-state index contributed by atoms with van der Waals surface area (Å²) in [6.45, 7) is -0.476. The number of hydroxylamine groups is 2. The molecule has 1 atom stereocenters. The van der Waals surface area contributed by atoms with Crippen LogP contribution in [0.4, 0.5) is 13.6 Å². The van der Waals surface area contributed by atoms with Crippen LogP contribution in [0.25, 0.3) is 0 Å². The van der Waals surface area contributed by atoms with E-state index in [4.69, 9.17) is 19.4 Å². The van der Waals surface area contributed by atoms with Crippen molar-refractivity contribution in [3.05, 3.63) is 101 Å². The number of benzene rings is 3. The summed E-state index contributed by atoms with van der Waals surface area (Å²) >= 11 is 0. The van der Waals surface area contributed by atoms with Gasteiger partial charge in [0, 0.05) is 12.1 Å². The van der Waals surface area contributed by atoms with Crippen LogP contribution >= 0.6 is 0 Å². The maximum atomic E-state index is 14.3. The highest BCUT2D eigenvalue weighted by Gasteiger charge is 2.35. The van der Waals surface area contributed by atoms with Crippen LogP contribution < -0.4 is 4.74 Å². The standard InChI is InChI=1S/C25H21F2NO6/c26-18-7-6-17-10-11-28(34-25(31)33-14-16-4-2-1-3-5-16)24(20(17)12-18)21-13-19(27)8-9-22(21)32-15-23(29)30/h1-9,12-13,24H,10-11,14-15H2,(H,29,30). The zero-order valence-electron chi connectivity index (χ0n) is 17.9. The first kappa shape index (κ1) is 23.2. The van der Waals surface area contributed by atoms with Crippen LogP contribution in [0.1, 0.15) is 28.3 Å². The summed E-state index contributed by atoms with van der Waals surface area (Å²) in [4.78, 5) is 28.9. The molecule has 0 fully saturated rings. The number of aliphatic carboxylic acids is 1. The number of hydrogen-bond acceptors (Lipinski definition) is 6. The van der Waals surface area contributed by atoms with Crippen LogP contribution in [-0.4, -0.2) is 35.4 Å². The van der Waals surface area contributed by atoms with Crippen molar-refractivity contribution in [3.63, 3.8) is 0 Å². The number of carbonyl (C=O) groups excluding carboxylic acids is 1. The van der Waals surface area contributed by atoms with E-state index < -0.39 is 36.4 Å². The molecule has 0 saturated heterocycles. The van der Waals surface area contributed by atoms with Crippen molar-refractivity contribution in [3.8, 4) is 5.75 Å². The monoisotopic (exact) mass is 469 g/mol. The van der Waals surface area contributed by atoms with E-state index in [2.05, 4.69) is 0 Å². The lowest BCUT2D eigenvalue weighted by Crippen LogP contribution is -2.38. The second-order valence-electron chi connectivity index (χ2n) is 7.62. The number of fused-ring (bicyclic) bond motifs is 1. The van der Waals surface area contributed by atoms with Crippen LogP contribution in [0.15, 0.2) is 66.7 Å². The Kier molecular flexibility index (Phi) is 7.03. The predicted octanol–water partition coefficient (Wildman–Crippen LogP) is 4.64. The molecule has 3 aromatic carbocycles. The first-order valence-corrected chi connectivity index (χ1v) is 10.5. The molecule has 1 aliphatic rings. The van der Waals surface area contributed by atoms with E-state index in [0.717, 1.165) is 23.3 Å². The quantitative estimate of drug-likeness (QED) is 0.505. The molecule has 1 aliphatic heterocycles. The minimum absolute atomic E-state index is 0.0175. The summed E-state index contributed by atoms with van der Waals surface area (Å²) in [7, 11) is 0. The predicted molar refractivity (Wildman–Crippen MR) is 116 cm³/mol. The van der Waals surface area contributed by atoms with Crippen LogP contribution in [-0.2, 0) is 27.4 Å². The molecule has 1 heterocycles. The van der Waals surface area contributed by atoms with Crippen LogP contribution in [0.2, 0.25) is 0 Å². The highest BCUT2D eigenvalue weighted by atomic mass is 19.1. The minimum atomic E-state index is -1.22. The molecule has 0 aliphatic carbocycles. The molecule has 176 valence electrons. The molecule has 0 amide bonds. The third-order valence-corrected chi connectivity index (χ3v) is 5.30. The molecule has 1 unspecified atom stereocenters. The van der Waals surface area contributed by atoms with Gasteiger partial charge < -0.3 is 19.4 Å². The fourth-order valence-corrected chi connectivity index (χ4v) is 3.83. The van der Waals surface area contributed by atoms with E-state index in [1.54, 1.807) is 30.3 Å². The van der Waals surface area contributed by atoms with Crippen molar-refractivity contribution in [1.29, 1.82) is 0 Å². The lowest BCUT2D eigenvalue weighted by atomic mass is 9.89. The first-order chi connectivity index (χ1) is 16.4. The molecular formula is C25H21F2NO6. The normalized spacial score (nSPS) is 15.3. The van der Waals surface area contributed by atoms with Crippen molar-refractivity contribution < 1.29 is 37.8 Å². The Balaban J connectivity index is 1.65. The number of carboxylic acid groups (broad SMARTS) is 1. The van der Waals surface area contributed by atoms with Crippen molar-refractivity contribution >= 4 is 12.1 Å². The third kappa shape index (κ3) is 5.49. The van der Waals surface area contributed by atoms with Gasteiger partial charge in [0.15, 0.2) is 6.61 Å². The molecule has 1 N–H and O–H groups in total. The van der Waals surface area contributed by atoms with Gasteiger partial charge in [-0.15, -0.1) is 5.06 Å². The molecule has 0 spiro atoms. The average Bonchev–Trinajstić information content (AvgIpc) is 2.82. The largest absolute Gasteiger partial charge is 0.528 e. The Morgan fingerprint density at radius 3 is 2.41 bits per heavy atom. The number of halogens is 2. The van der Waals surface area contributed by atoms with Gasteiger partial charge in [0.2, 0.25) is 0 Å². The lowest BCUT2D eigenvalue weighted by molar-refractivity contribution is -0.152. The topological polar surface area (TPSA) is 85.3 Å². The molecule has 0 saturated carbocycles. The molecule has 0 bridgehead atoms. The lowest BCUT2D eigenvalue weighted by Gasteiger charge is -2.36. The van der Waals surface area contributed by atoms with Gasteiger partial charge in [-0.05, 0) is 53.4 Å². The summed E-state index contributed by atoms with van der Waals surface area (Å²) in [5.74, 6) is -2.30. The van der Waals surface area contributed by atoms with Crippen molar-refractivity contribution in [1.82, 2.24) is 5.06 Å². The third-order valence-electron chi connectivity index (χ3n) is 5.30. The SMILES string of the molecule is O=C(O)COc1ccc(F)cc1C1c2cc(F)ccc2CCN1OC(=O)OCc1ccccc1. The van der Waals surface area contributed by atoms with Gasteiger partial charge in [0.05, 0.1) is 0 Å². The summed E-state index contributed by atoms with van der Waals surface area (Å²) in [6.07, 6.45) is -0.559. The van der Waals surface area contributed by atoms with Gasteiger partial charge in [-0.25, -0.2) is 18.4 Å². The van der Waals surface area contributed by atoms with Gasteiger partial charge in [-0.3, -0.25) is 0 Å². The fourth-order valence-electron chi connectivity index (χ4n) is 3.83. The summed E-state index contributed by atoms with van der Waals surface area (Å²) < 4.78 is 39.0. The average molecular weight is 469 g/mol. The van der Waals surface area contributed by atoms with Gasteiger partial charge in [0.25, 0.3) is 0 Å². The first-order valence-electron chi connectivity index (χ1n) is 10.5. The number of rotatable bonds is 7. The number of carbonyl (C=O) groups is 2. The Morgan fingerprint density at radius 1 is 0.971 bits per heavy atom. The van der Waals surface area contributed by atoms with E-state index in [1.165, 1.54) is 23.3 Å². The summed E-state index contributed by atoms with van der Waals surface area (Å²) in [5, 5.41) is 10.3. The number of hydrogen-bond donors (Lipinski definition) is 1. The van der Waals surface area contributed by atoms with E-state index in [9.17, 15) is 18.4 Å². The van der Waals surface area contributed by atoms with Crippen LogP contribution in [0, 0.1) is 11.6 Å². The number of ether oxygens (including phenoxy) is 2. The second-order valence-corrected chi connectivity index (χ2v) is 7.62. The van der Waals surface area contributed by atoms with E-state index in [-0.39, 0.29) is 24.5 Å². The fraction of sp³-hybridized carbons (Fsp3) is 0.200. The second kappa shape index (κ2) is 10.3. The highest BCUT2D eigenvalue weighted by Crippen LogP contribution is 2.40. The zero-order valence-corrected chi connectivity index (χ0v) is 17.9. The molecule has 4 rings (SSSR count). The smallest absolute Gasteiger partial charge is 0.482 e. The number of carboxylic acids is 1. The van der Waals surface area contributed by atoms with Gasteiger partial charge in [-0.2, -0.15) is 0 Å². The Morgan fingerprint density at radius 2 is 1.68 bits per heavy atom. The maximum absolute atomic E-state index is 14.3. The highest BCUT2D eigenvalue weighted by molar-refractivity contribution is 5.68. The molecule has 0 radical (unpaired) electrons. The van der Waals surface area contributed by atoms with Crippen LogP contribution in [0.5, 0.6) is 5.75 Å². The maximum Gasteiger partial charge on any atom is 0.528 e. The number of nitrogens with zero attached hydrogens (tertiary/aromatic N) is 1. The molecule has 34 heavy (non-hydrogen) atoms. The van der Waals surface area contributed by atoms with Crippen molar-refractivity contribution in [2.24, 2.45) is 0 Å². The molecule has 7 nitrogen and oxygen atoms in total. The van der Waals surface area contributed by atoms with Gasteiger partial charge >= 0.3 is 12.1 Å². The molecule has 3 aromatic rings. The van der Waals surface area contributed by atoms with E-state index >= 15 is 0 Å². The van der Waals surface area contributed by atoms with E-state index in [1.807, 2.05) is 6.07 Å². The zero-order chi connectivity index (χ0) is 24.1. The Labute approximate surface area is 194 Å². The minimum Gasteiger partial charge on any atom is -0.482 e. The Hall–Kier alpha value is -3.98. The Bertz CT molecular complexity index is 1190. The summed E-state index contributed by atoms with van der Waals surface area (Å²) in [6, 6.07) is 15.8. The van der Waals surface area contributed by atoms with Crippen molar-refractivity contribution in [2.45, 2.75) is 19.1 Å². The molecule has 9 heteroatoms. The van der Waals surface area contributed by atoms with Crippen molar-refractivity contribution in [2.75, 3.05) is 13.2 Å². The summed E-state index contributed by atoms with van der Waals surface area (Å²) in [5.41, 5.74) is 2.16. The van der Waals surface area contributed by atoms with Gasteiger partial charge in [-0.1, -0.05) is 36.4 Å². The van der Waals surface area contributed by atoms with Crippen LogP contribution in [0.3, 0.4) is 0 Å². The van der Waals surface area contributed by atoms with E-state index in [0.29, 0.717) is 12.0 Å². The molecule has 0 aromatic heterocycles.